The SMILES string of the molecule is CC(=O)N1CC(C(=O)N2CCN(C(c3ccccc3)c3ccccc3)CC2)C1. The summed E-state index contributed by atoms with van der Waals surface area (Å²) in [5.74, 6) is 0.241. The van der Waals surface area contributed by atoms with E-state index < -0.39 is 0 Å². The van der Waals surface area contributed by atoms with E-state index in [1.807, 2.05) is 17.0 Å². The van der Waals surface area contributed by atoms with Gasteiger partial charge in [-0.3, -0.25) is 14.5 Å². The summed E-state index contributed by atoms with van der Waals surface area (Å²) in [6.07, 6.45) is 0. The summed E-state index contributed by atoms with van der Waals surface area (Å²) >= 11 is 0. The van der Waals surface area contributed by atoms with E-state index in [-0.39, 0.29) is 23.8 Å². The summed E-state index contributed by atoms with van der Waals surface area (Å²) < 4.78 is 0. The summed E-state index contributed by atoms with van der Waals surface area (Å²) in [5, 5.41) is 0. The van der Waals surface area contributed by atoms with Crippen molar-refractivity contribution in [2.24, 2.45) is 5.92 Å². The summed E-state index contributed by atoms with van der Waals surface area (Å²) in [6, 6.07) is 21.4. The number of rotatable bonds is 4. The van der Waals surface area contributed by atoms with Crippen LogP contribution >= 0.6 is 0 Å². The second-order valence-corrected chi connectivity index (χ2v) is 7.71. The maximum absolute atomic E-state index is 12.7. The Morgan fingerprint density at radius 2 is 1.29 bits per heavy atom. The van der Waals surface area contributed by atoms with Crippen molar-refractivity contribution >= 4 is 11.8 Å². The van der Waals surface area contributed by atoms with Gasteiger partial charge in [0.1, 0.15) is 0 Å². The molecule has 0 aromatic heterocycles. The van der Waals surface area contributed by atoms with Gasteiger partial charge in [0, 0.05) is 46.2 Å². The number of piperazine rings is 1. The van der Waals surface area contributed by atoms with Gasteiger partial charge >= 0.3 is 0 Å². The van der Waals surface area contributed by atoms with Crippen molar-refractivity contribution in [3.63, 3.8) is 0 Å². The highest BCUT2D eigenvalue weighted by atomic mass is 16.2. The molecule has 146 valence electrons. The van der Waals surface area contributed by atoms with Gasteiger partial charge in [0.2, 0.25) is 11.8 Å². The van der Waals surface area contributed by atoms with Crippen LogP contribution in [0.25, 0.3) is 0 Å². The average Bonchev–Trinajstić information content (AvgIpc) is 2.69. The molecule has 2 aromatic carbocycles. The number of amides is 2. The molecule has 2 aromatic rings. The fourth-order valence-electron chi connectivity index (χ4n) is 4.24. The molecule has 0 saturated carbocycles. The van der Waals surface area contributed by atoms with Crippen molar-refractivity contribution in [3.8, 4) is 0 Å². The molecule has 0 N–H and O–H groups in total. The highest BCUT2D eigenvalue weighted by molar-refractivity contribution is 5.83. The molecule has 2 amide bonds. The quantitative estimate of drug-likeness (QED) is 0.822. The van der Waals surface area contributed by atoms with Gasteiger partial charge in [-0.05, 0) is 11.1 Å². The molecule has 2 heterocycles. The number of nitrogens with zero attached hydrogens (tertiary/aromatic N) is 3. The molecule has 28 heavy (non-hydrogen) atoms. The Kier molecular flexibility index (Phi) is 5.44. The van der Waals surface area contributed by atoms with E-state index in [0.29, 0.717) is 13.1 Å². The molecule has 4 rings (SSSR count). The van der Waals surface area contributed by atoms with Crippen molar-refractivity contribution in [1.29, 1.82) is 0 Å². The molecule has 2 fully saturated rings. The number of benzene rings is 2. The monoisotopic (exact) mass is 377 g/mol. The minimum absolute atomic E-state index is 0.0190. The first-order valence-electron chi connectivity index (χ1n) is 10.0. The Morgan fingerprint density at radius 1 is 0.786 bits per heavy atom. The molecule has 0 atom stereocenters. The van der Waals surface area contributed by atoms with Gasteiger partial charge in [-0.15, -0.1) is 0 Å². The van der Waals surface area contributed by atoms with Crippen LogP contribution in [0.1, 0.15) is 24.1 Å². The van der Waals surface area contributed by atoms with Crippen LogP contribution in [0.15, 0.2) is 60.7 Å². The third kappa shape index (κ3) is 3.80. The van der Waals surface area contributed by atoms with E-state index >= 15 is 0 Å². The lowest BCUT2D eigenvalue weighted by molar-refractivity contribution is -0.148. The lowest BCUT2D eigenvalue weighted by Crippen LogP contribution is -2.58. The van der Waals surface area contributed by atoms with Crippen LogP contribution in [-0.2, 0) is 9.59 Å². The van der Waals surface area contributed by atoms with Crippen LogP contribution in [0.4, 0.5) is 0 Å². The number of hydrogen-bond acceptors (Lipinski definition) is 3. The fraction of sp³-hybridized carbons (Fsp3) is 0.391. The Hall–Kier alpha value is -2.66. The highest BCUT2D eigenvalue weighted by Crippen LogP contribution is 2.30. The van der Waals surface area contributed by atoms with Crippen molar-refractivity contribution < 1.29 is 9.59 Å². The van der Waals surface area contributed by atoms with E-state index in [0.717, 1.165) is 26.2 Å². The normalized spacial score (nSPS) is 18.2. The Balaban J connectivity index is 1.42. The molecule has 2 aliphatic heterocycles. The van der Waals surface area contributed by atoms with E-state index in [2.05, 4.69) is 53.4 Å². The summed E-state index contributed by atoms with van der Waals surface area (Å²) in [7, 11) is 0. The Labute approximate surface area is 166 Å². The first kappa shape index (κ1) is 18.7. The van der Waals surface area contributed by atoms with Gasteiger partial charge in [0.25, 0.3) is 0 Å². The fourth-order valence-corrected chi connectivity index (χ4v) is 4.24. The second-order valence-electron chi connectivity index (χ2n) is 7.71. The topological polar surface area (TPSA) is 43.9 Å². The van der Waals surface area contributed by atoms with Crippen LogP contribution in [-0.4, -0.2) is 65.8 Å². The molecule has 5 heteroatoms. The first-order valence-corrected chi connectivity index (χ1v) is 10.0. The van der Waals surface area contributed by atoms with Gasteiger partial charge in [0.05, 0.1) is 12.0 Å². The van der Waals surface area contributed by atoms with Crippen LogP contribution in [0, 0.1) is 5.92 Å². The standard InChI is InChI=1S/C23H27N3O2/c1-18(27)26-16-21(17-26)23(28)25-14-12-24(13-15-25)22(19-8-4-2-5-9-19)20-10-6-3-7-11-20/h2-11,21-22H,12-17H2,1H3. The van der Waals surface area contributed by atoms with Gasteiger partial charge in [0.15, 0.2) is 0 Å². The zero-order valence-corrected chi connectivity index (χ0v) is 16.3. The Morgan fingerprint density at radius 3 is 1.75 bits per heavy atom. The van der Waals surface area contributed by atoms with Crippen LogP contribution < -0.4 is 0 Å². The maximum atomic E-state index is 12.7. The van der Waals surface area contributed by atoms with E-state index in [1.54, 1.807) is 11.8 Å². The van der Waals surface area contributed by atoms with Gasteiger partial charge in [-0.2, -0.15) is 0 Å². The average molecular weight is 377 g/mol. The van der Waals surface area contributed by atoms with Crippen LogP contribution in [0.2, 0.25) is 0 Å². The van der Waals surface area contributed by atoms with Crippen molar-refractivity contribution in [2.75, 3.05) is 39.3 Å². The second kappa shape index (κ2) is 8.15. The van der Waals surface area contributed by atoms with Crippen LogP contribution in [0.5, 0.6) is 0 Å². The largest absolute Gasteiger partial charge is 0.341 e. The summed E-state index contributed by atoms with van der Waals surface area (Å²) in [6.45, 7) is 5.90. The van der Waals surface area contributed by atoms with E-state index in [9.17, 15) is 9.59 Å². The molecule has 2 aliphatic rings. The van der Waals surface area contributed by atoms with Gasteiger partial charge in [-0.1, -0.05) is 60.7 Å². The predicted octanol–water partition coefficient (Wildman–Crippen LogP) is 2.40. The number of carbonyl (C=O) groups excluding carboxylic acids is 2. The van der Waals surface area contributed by atoms with E-state index in [1.165, 1.54) is 11.1 Å². The molecule has 5 nitrogen and oxygen atoms in total. The van der Waals surface area contributed by atoms with Crippen LogP contribution in [0.3, 0.4) is 0 Å². The highest BCUT2D eigenvalue weighted by Gasteiger charge is 2.38. The Bertz CT molecular complexity index is 771. The number of likely N-dealkylation sites (tertiary alicyclic amines) is 1. The maximum Gasteiger partial charge on any atom is 0.229 e. The molecule has 2 saturated heterocycles. The smallest absolute Gasteiger partial charge is 0.229 e. The molecular weight excluding hydrogens is 350 g/mol. The minimum atomic E-state index is -0.0190. The molecular formula is C23H27N3O2. The zero-order chi connectivity index (χ0) is 19.5. The van der Waals surface area contributed by atoms with E-state index in [4.69, 9.17) is 0 Å². The zero-order valence-electron chi connectivity index (χ0n) is 16.3. The number of carbonyl (C=O) groups is 2. The van der Waals surface area contributed by atoms with Crippen molar-refractivity contribution in [3.05, 3.63) is 71.8 Å². The minimum Gasteiger partial charge on any atom is -0.341 e. The summed E-state index contributed by atoms with van der Waals surface area (Å²) in [5.41, 5.74) is 2.56. The molecule has 0 aliphatic carbocycles. The third-order valence-corrected chi connectivity index (χ3v) is 5.90. The molecule has 0 spiro atoms. The summed E-state index contributed by atoms with van der Waals surface area (Å²) in [4.78, 5) is 30.3. The predicted molar refractivity (Wildman–Crippen MR) is 109 cm³/mol. The number of hydrogen-bond donors (Lipinski definition) is 0. The van der Waals surface area contributed by atoms with Crippen molar-refractivity contribution in [2.45, 2.75) is 13.0 Å². The lowest BCUT2D eigenvalue weighted by atomic mass is 9.95. The molecule has 0 unspecified atom stereocenters. The van der Waals surface area contributed by atoms with Gasteiger partial charge < -0.3 is 9.80 Å². The molecule has 0 radical (unpaired) electrons. The van der Waals surface area contributed by atoms with Gasteiger partial charge in [-0.25, -0.2) is 0 Å². The third-order valence-electron chi connectivity index (χ3n) is 5.90. The van der Waals surface area contributed by atoms with Crippen molar-refractivity contribution in [1.82, 2.24) is 14.7 Å². The molecule has 0 bridgehead atoms. The first-order chi connectivity index (χ1) is 13.6. The lowest BCUT2D eigenvalue weighted by Gasteiger charge is -2.44.